The first-order chi connectivity index (χ1) is 10.0. The van der Waals surface area contributed by atoms with Gasteiger partial charge in [-0.3, -0.25) is 0 Å². The monoisotopic (exact) mass is 289 g/mol. The molecule has 0 aliphatic carbocycles. The van der Waals surface area contributed by atoms with Gasteiger partial charge in [-0.05, 0) is 43.0 Å². The van der Waals surface area contributed by atoms with E-state index >= 15 is 0 Å². The molecule has 21 heavy (non-hydrogen) atoms. The first kappa shape index (κ1) is 15.5. The number of aryl methyl sites for hydroxylation is 1. The standard InChI is InChI=1S/C16H23N3O2/c1-10(2)7-13(9-17)16-18-15(19-21-16)12-5-6-14(20-4)11(3)8-12/h5-6,8,10,13H,7,9,17H2,1-4H3. The third kappa shape index (κ3) is 3.61. The molecule has 1 atom stereocenters. The zero-order valence-corrected chi connectivity index (χ0v) is 13.1. The molecular formula is C16H23N3O2. The number of hydrogen-bond donors (Lipinski definition) is 1. The molecule has 114 valence electrons. The maximum absolute atomic E-state index is 5.82. The smallest absolute Gasteiger partial charge is 0.231 e. The lowest BCUT2D eigenvalue weighted by Gasteiger charge is -2.11. The van der Waals surface area contributed by atoms with Gasteiger partial charge < -0.3 is 15.0 Å². The Morgan fingerprint density at radius 3 is 2.67 bits per heavy atom. The number of nitrogens with zero attached hydrogens (tertiary/aromatic N) is 2. The topological polar surface area (TPSA) is 74.2 Å². The lowest BCUT2D eigenvalue weighted by Crippen LogP contribution is -2.15. The highest BCUT2D eigenvalue weighted by Gasteiger charge is 2.19. The van der Waals surface area contributed by atoms with Crippen LogP contribution < -0.4 is 10.5 Å². The van der Waals surface area contributed by atoms with Crippen molar-refractivity contribution in [3.63, 3.8) is 0 Å². The predicted molar refractivity (Wildman–Crippen MR) is 82.3 cm³/mol. The average Bonchev–Trinajstić information content (AvgIpc) is 2.94. The van der Waals surface area contributed by atoms with Gasteiger partial charge in [-0.25, -0.2) is 0 Å². The molecular weight excluding hydrogens is 266 g/mol. The van der Waals surface area contributed by atoms with Crippen LogP contribution in [0.15, 0.2) is 22.7 Å². The van der Waals surface area contributed by atoms with Crippen LogP contribution in [0.3, 0.4) is 0 Å². The number of aromatic nitrogens is 2. The lowest BCUT2D eigenvalue weighted by molar-refractivity contribution is 0.335. The number of benzene rings is 1. The summed E-state index contributed by atoms with van der Waals surface area (Å²) in [5, 5.41) is 4.08. The van der Waals surface area contributed by atoms with Gasteiger partial charge in [-0.1, -0.05) is 19.0 Å². The fourth-order valence-corrected chi connectivity index (χ4v) is 2.40. The third-order valence-electron chi connectivity index (χ3n) is 3.48. The Labute approximate surface area is 125 Å². The Hall–Kier alpha value is -1.88. The fraction of sp³-hybridized carbons (Fsp3) is 0.500. The highest BCUT2D eigenvalue weighted by Crippen LogP contribution is 2.27. The van der Waals surface area contributed by atoms with Crippen molar-refractivity contribution >= 4 is 0 Å². The summed E-state index contributed by atoms with van der Waals surface area (Å²) in [5.41, 5.74) is 7.78. The van der Waals surface area contributed by atoms with Crippen LogP contribution in [0.1, 0.15) is 37.6 Å². The summed E-state index contributed by atoms with van der Waals surface area (Å²) in [4.78, 5) is 4.50. The van der Waals surface area contributed by atoms with Gasteiger partial charge in [-0.15, -0.1) is 0 Å². The van der Waals surface area contributed by atoms with E-state index in [0.717, 1.165) is 23.3 Å². The molecule has 0 aliphatic rings. The minimum absolute atomic E-state index is 0.116. The minimum atomic E-state index is 0.116. The van der Waals surface area contributed by atoms with Gasteiger partial charge in [0.25, 0.3) is 0 Å². The van der Waals surface area contributed by atoms with E-state index in [9.17, 15) is 0 Å². The van der Waals surface area contributed by atoms with Crippen LogP contribution in [0.5, 0.6) is 5.75 Å². The van der Waals surface area contributed by atoms with Gasteiger partial charge in [0, 0.05) is 12.1 Å². The molecule has 5 nitrogen and oxygen atoms in total. The van der Waals surface area contributed by atoms with Crippen molar-refractivity contribution in [1.29, 1.82) is 0 Å². The van der Waals surface area contributed by atoms with Crippen LogP contribution >= 0.6 is 0 Å². The van der Waals surface area contributed by atoms with E-state index in [1.807, 2.05) is 25.1 Å². The molecule has 0 saturated carbocycles. The summed E-state index contributed by atoms with van der Waals surface area (Å²) in [6, 6.07) is 5.84. The summed E-state index contributed by atoms with van der Waals surface area (Å²) in [5.74, 6) is 2.72. The molecule has 1 heterocycles. The van der Waals surface area contributed by atoms with E-state index in [4.69, 9.17) is 15.0 Å². The van der Waals surface area contributed by atoms with Crippen molar-refractivity contribution < 1.29 is 9.26 Å². The molecule has 0 aliphatic heterocycles. The minimum Gasteiger partial charge on any atom is -0.496 e. The van der Waals surface area contributed by atoms with Crippen molar-refractivity contribution in [2.75, 3.05) is 13.7 Å². The number of methoxy groups -OCH3 is 1. The van der Waals surface area contributed by atoms with Crippen LogP contribution in [0.25, 0.3) is 11.4 Å². The number of nitrogens with two attached hydrogens (primary N) is 1. The molecule has 2 N–H and O–H groups in total. The summed E-state index contributed by atoms with van der Waals surface area (Å²) in [6.45, 7) is 6.83. The first-order valence-electron chi connectivity index (χ1n) is 7.23. The average molecular weight is 289 g/mol. The van der Waals surface area contributed by atoms with E-state index in [1.165, 1.54) is 0 Å². The Bertz CT molecular complexity index is 593. The van der Waals surface area contributed by atoms with E-state index in [0.29, 0.717) is 24.2 Å². The normalized spacial score (nSPS) is 12.7. The molecule has 2 rings (SSSR count). The second-order valence-corrected chi connectivity index (χ2v) is 5.70. The Morgan fingerprint density at radius 1 is 1.33 bits per heavy atom. The van der Waals surface area contributed by atoms with Crippen LogP contribution in [0.4, 0.5) is 0 Å². The molecule has 1 aromatic carbocycles. The van der Waals surface area contributed by atoms with Gasteiger partial charge in [-0.2, -0.15) is 4.98 Å². The molecule has 0 spiro atoms. The van der Waals surface area contributed by atoms with E-state index in [-0.39, 0.29) is 5.92 Å². The molecule has 5 heteroatoms. The summed E-state index contributed by atoms with van der Waals surface area (Å²) in [7, 11) is 1.66. The second kappa shape index (κ2) is 6.72. The molecule has 0 saturated heterocycles. The van der Waals surface area contributed by atoms with Crippen LogP contribution in [-0.4, -0.2) is 23.8 Å². The summed E-state index contributed by atoms with van der Waals surface area (Å²) in [6.07, 6.45) is 0.944. The predicted octanol–water partition coefficient (Wildman–Crippen LogP) is 3.14. The molecule has 2 aromatic rings. The van der Waals surface area contributed by atoms with Gasteiger partial charge in [0.2, 0.25) is 11.7 Å². The lowest BCUT2D eigenvalue weighted by atomic mass is 9.97. The molecule has 1 aromatic heterocycles. The Morgan fingerprint density at radius 2 is 2.10 bits per heavy atom. The number of rotatable bonds is 6. The van der Waals surface area contributed by atoms with Crippen molar-refractivity contribution in [2.24, 2.45) is 11.7 Å². The largest absolute Gasteiger partial charge is 0.496 e. The van der Waals surface area contributed by atoms with Gasteiger partial charge >= 0.3 is 0 Å². The number of ether oxygens (including phenoxy) is 1. The highest BCUT2D eigenvalue weighted by molar-refractivity contribution is 5.58. The van der Waals surface area contributed by atoms with Crippen LogP contribution in [-0.2, 0) is 0 Å². The van der Waals surface area contributed by atoms with Crippen molar-refractivity contribution in [1.82, 2.24) is 10.1 Å². The molecule has 0 radical (unpaired) electrons. The molecule has 0 bridgehead atoms. The number of hydrogen-bond acceptors (Lipinski definition) is 5. The molecule has 1 unspecified atom stereocenters. The third-order valence-corrected chi connectivity index (χ3v) is 3.48. The van der Waals surface area contributed by atoms with Gasteiger partial charge in [0.15, 0.2) is 0 Å². The zero-order valence-electron chi connectivity index (χ0n) is 13.1. The SMILES string of the molecule is COc1ccc(-c2noc(C(CN)CC(C)C)n2)cc1C. The van der Waals surface area contributed by atoms with Crippen molar-refractivity contribution in [2.45, 2.75) is 33.1 Å². The summed E-state index contributed by atoms with van der Waals surface area (Å²) < 4.78 is 10.7. The van der Waals surface area contributed by atoms with Gasteiger partial charge in [0.05, 0.1) is 13.0 Å². The molecule has 0 fully saturated rings. The first-order valence-corrected chi connectivity index (χ1v) is 7.23. The zero-order chi connectivity index (χ0) is 15.4. The quantitative estimate of drug-likeness (QED) is 0.884. The van der Waals surface area contributed by atoms with E-state index < -0.39 is 0 Å². The van der Waals surface area contributed by atoms with E-state index in [1.54, 1.807) is 7.11 Å². The van der Waals surface area contributed by atoms with Crippen molar-refractivity contribution in [3.05, 3.63) is 29.7 Å². The highest BCUT2D eigenvalue weighted by atomic mass is 16.5. The second-order valence-electron chi connectivity index (χ2n) is 5.70. The Kier molecular flexibility index (Phi) is 4.96. The van der Waals surface area contributed by atoms with Crippen LogP contribution in [0.2, 0.25) is 0 Å². The summed E-state index contributed by atoms with van der Waals surface area (Å²) >= 11 is 0. The maximum Gasteiger partial charge on any atom is 0.231 e. The van der Waals surface area contributed by atoms with Crippen molar-refractivity contribution in [3.8, 4) is 17.1 Å². The van der Waals surface area contributed by atoms with E-state index in [2.05, 4.69) is 24.0 Å². The van der Waals surface area contributed by atoms with Gasteiger partial charge in [0.1, 0.15) is 5.75 Å². The molecule has 0 amide bonds. The van der Waals surface area contributed by atoms with Crippen LogP contribution in [0, 0.1) is 12.8 Å². The maximum atomic E-state index is 5.82. The Balaban J connectivity index is 2.24. The fourth-order valence-electron chi connectivity index (χ4n) is 2.40.